The smallest absolute Gasteiger partial charge is 0.271 e. The standard InChI is InChI=1S/C23H19Cl3N2O3/c1-14-5-3-4-6-17(14)23(29)28-27-12-16-10-20(26)22(21(11-16)30-2)31-13-15-7-8-18(24)19(25)9-15/h3-12H,13H2,1-2H3,(H,28,29)/b27-12-. The number of nitrogens with one attached hydrogen (secondary N) is 1. The molecule has 5 nitrogen and oxygen atoms in total. The number of benzene rings is 3. The van der Waals surface area contributed by atoms with E-state index < -0.39 is 0 Å². The van der Waals surface area contributed by atoms with Gasteiger partial charge in [0, 0.05) is 5.56 Å². The first-order valence-corrected chi connectivity index (χ1v) is 10.4. The molecule has 0 fully saturated rings. The van der Waals surface area contributed by atoms with Gasteiger partial charge in [-0.1, -0.05) is 59.1 Å². The van der Waals surface area contributed by atoms with Crippen LogP contribution in [0.1, 0.15) is 27.0 Å². The van der Waals surface area contributed by atoms with Gasteiger partial charge in [0.15, 0.2) is 11.5 Å². The van der Waals surface area contributed by atoms with Crippen LogP contribution in [0.25, 0.3) is 0 Å². The maximum Gasteiger partial charge on any atom is 0.271 e. The van der Waals surface area contributed by atoms with E-state index in [0.717, 1.165) is 11.1 Å². The molecule has 8 heteroatoms. The number of aryl methyl sites for hydroxylation is 1. The van der Waals surface area contributed by atoms with Crippen LogP contribution < -0.4 is 14.9 Å². The lowest BCUT2D eigenvalue weighted by molar-refractivity contribution is 0.0954. The Morgan fingerprint density at radius 3 is 2.52 bits per heavy atom. The Hall–Kier alpha value is -2.73. The number of rotatable bonds is 7. The summed E-state index contributed by atoms with van der Waals surface area (Å²) >= 11 is 18.4. The van der Waals surface area contributed by atoms with Crippen LogP contribution in [0.15, 0.2) is 59.7 Å². The Kier molecular flexibility index (Phi) is 7.80. The lowest BCUT2D eigenvalue weighted by Crippen LogP contribution is -2.18. The normalized spacial score (nSPS) is 10.9. The zero-order chi connectivity index (χ0) is 22.4. The van der Waals surface area contributed by atoms with Crippen molar-refractivity contribution in [1.82, 2.24) is 5.43 Å². The molecule has 0 aliphatic heterocycles. The molecule has 0 saturated heterocycles. The number of nitrogens with zero attached hydrogens (tertiary/aromatic N) is 1. The maximum atomic E-state index is 12.3. The van der Waals surface area contributed by atoms with Gasteiger partial charge in [0.25, 0.3) is 5.91 Å². The summed E-state index contributed by atoms with van der Waals surface area (Å²) in [7, 11) is 1.51. The van der Waals surface area contributed by atoms with Crippen molar-refractivity contribution in [2.45, 2.75) is 13.5 Å². The number of amides is 1. The lowest BCUT2D eigenvalue weighted by atomic mass is 10.1. The number of hydrogen-bond acceptors (Lipinski definition) is 4. The molecule has 3 aromatic carbocycles. The van der Waals surface area contributed by atoms with E-state index in [9.17, 15) is 4.79 Å². The number of carbonyl (C=O) groups is 1. The first-order valence-electron chi connectivity index (χ1n) is 9.22. The largest absolute Gasteiger partial charge is 0.493 e. The number of ether oxygens (including phenoxy) is 2. The van der Waals surface area contributed by atoms with Crippen LogP contribution in [0, 0.1) is 6.92 Å². The lowest BCUT2D eigenvalue weighted by Gasteiger charge is -2.13. The van der Waals surface area contributed by atoms with Crippen molar-refractivity contribution in [2.75, 3.05) is 7.11 Å². The molecule has 0 aliphatic rings. The molecule has 0 bridgehead atoms. The van der Waals surface area contributed by atoms with Gasteiger partial charge in [0.2, 0.25) is 0 Å². The minimum atomic E-state index is -0.297. The third kappa shape index (κ3) is 5.91. The van der Waals surface area contributed by atoms with E-state index in [-0.39, 0.29) is 12.5 Å². The first-order chi connectivity index (χ1) is 14.9. The second kappa shape index (κ2) is 10.5. The zero-order valence-electron chi connectivity index (χ0n) is 16.8. The Balaban J connectivity index is 1.71. The monoisotopic (exact) mass is 476 g/mol. The highest BCUT2D eigenvalue weighted by Crippen LogP contribution is 2.37. The molecule has 3 aromatic rings. The second-order valence-corrected chi connectivity index (χ2v) is 7.81. The maximum absolute atomic E-state index is 12.3. The fraction of sp³-hybridized carbons (Fsp3) is 0.130. The zero-order valence-corrected chi connectivity index (χ0v) is 19.1. The quantitative estimate of drug-likeness (QED) is 0.320. The van der Waals surface area contributed by atoms with Crippen molar-refractivity contribution >= 4 is 46.9 Å². The van der Waals surface area contributed by atoms with Gasteiger partial charge in [-0.05, 0) is 53.9 Å². The molecule has 0 spiro atoms. The molecule has 0 radical (unpaired) electrons. The molecular weight excluding hydrogens is 459 g/mol. The minimum Gasteiger partial charge on any atom is -0.493 e. The van der Waals surface area contributed by atoms with Crippen molar-refractivity contribution in [3.05, 3.63) is 91.9 Å². The van der Waals surface area contributed by atoms with E-state index in [0.29, 0.717) is 37.7 Å². The van der Waals surface area contributed by atoms with Gasteiger partial charge in [0.1, 0.15) is 6.61 Å². The summed E-state index contributed by atoms with van der Waals surface area (Å²) < 4.78 is 11.2. The highest BCUT2D eigenvalue weighted by atomic mass is 35.5. The molecule has 0 aromatic heterocycles. The summed E-state index contributed by atoms with van der Waals surface area (Å²) in [4.78, 5) is 12.3. The number of hydrazone groups is 1. The average molecular weight is 478 g/mol. The third-order valence-electron chi connectivity index (χ3n) is 4.39. The molecule has 0 saturated carbocycles. The summed E-state index contributed by atoms with van der Waals surface area (Å²) in [6, 6.07) is 15.9. The number of halogens is 3. The van der Waals surface area contributed by atoms with E-state index in [1.54, 1.807) is 36.4 Å². The Labute approximate surface area is 195 Å². The Morgan fingerprint density at radius 2 is 1.81 bits per heavy atom. The molecule has 3 rings (SSSR count). The van der Waals surface area contributed by atoms with Crippen LogP contribution >= 0.6 is 34.8 Å². The molecule has 0 atom stereocenters. The molecule has 0 unspecified atom stereocenters. The van der Waals surface area contributed by atoms with Crippen molar-refractivity contribution < 1.29 is 14.3 Å². The van der Waals surface area contributed by atoms with Crippen molar-refractivity contribution in [3.8, 4) is 11.5 Å². The molecule has 1 amide bonds. The topological polar surface area (TPSA) is 59.9 Å². The van der Waals surface area contributed by atoms with Gasteiger partial charge in [-0.2, -0.15) is 5.10 Å². The molecular formula is C23H19Cl3N2O3. The highest BCUT2D eigenvalue weighted by molar-refractivity contribution is 6.42. The van der Waals surface area contributed by atoms with Gasteiger partial charge in [-0.25, -0.2) is 5.43 Å². The van der Waals surface area contributed by atoms with Crippen LogP contribution in [-0.2, 0) is 6.61 Å². The molecule has 1 N–H and O–H groups in total. The van der Waals surface area contributed by atoms with Gasteiger partial charge < -0.3 is 9.47 Å². The van der Waals surface area contributed by atoms with Crippen LogP contribution in [0.5, 0.6) is 11.5 Å². The fourth-order valence-electron chi connectivity index (χ4n) is 2.79. The SMILES string of the molecule is COc1cc(/C=N\NC(=O)c2ccccc2C)cc(Cl)c1OCc1ccc(Cl)c(Cl)c1. The van der Waals surface area contributed by atoms with Crippen LogP contribution in [-0.4, -0.2) is 19.2 Å². The van der Waals surface area contributed by atoms with Gasteiger partial charge in [-0.15, -0.1) is 0 Å². The van der Waals surface area contributed by atoms with E-state index in [4.69, 9.17) is 44.3 Å². The molecule has 160 valence electrons. The van der Waals surface area contributed by atoms with Gasteiger partial charge in [0.05, 0.1) is 28.4 Å². The summed E-state index contributed by atoms with van der Waals surface area (Å²) in [5.74, 6) is 0.518. The average Bonchev–Trinajstić information content (AvgIpc) is 2.75. The van der Waals surface area contributed by atoms with E-state index >= 15 is 0 Å². The van der Waals surface area contributed by atoms with Gasteiger partial charge >= 0.3 is 0 Å². The molecule has 31 heavy (non-hydrogen) atoms. The predicted molar refractivity (Wildman–Crippen MR) is 125 cm³/mol. The van der Waals surface area contributed by atoms with E-state index in [1.165, 1.54) is 13.3 Å². The van der Waals surface area contributed by atoms with Crippen molar-refractivity contribution in [3.63, 3.8) is 0 Å². The van der Waals surface area contributed by atoms with E-state index in [1.807, 2.05) is 25.1 Å². The minimum absolute atomic E-state index is 0.229. The molecule has 0 aliphatic carbocycles. The van der Waals surface area contributed by atoms with Crippen LogP contribution in [0.2, 0.25) is 15.1 Å². The first kappa shape index (κ1) is 22.9. The summed E-state index contributed by atoms with van der Waals surface area (Å²) in [5, 5.41) is 5.27. The number of methoxy groups -OCH3 is 1. The summed E-state index contributed by atoms with van der Waals surface area (Å²) in [5.41, 5.74) is 5.39. The van der Waals surface area contributed by atoms with E-state index in [2.05, 4.69) is 10.5 Å². The van der Waals surface area contributed by atoms with Gasteiger partial charge in [-0.3, -0.25) is 4.79 Å². The predicted octanol–water partition coefficient (Wildman–Crippen LogP) is 6.31. The second-order valence-electron chi connectivity index (χ2n) is 6.59. The highest BCUT2D eigenvalue weighted by Gasteiger charge is 2.13. The van der Waals surface area contributed by atoms with Crippen molar-refractivity contribution in [1.29, 1.82) is 0 Å². The Bertz CT molecular complexity index is 1130. The molecule has 0 heterocycles. The van der Waals surface area contributed by atoms with Crippen LogP contribution in [0.4, 0.5) is 0 Å². The Morgan fingerprint density at radius 1 is 1.03 bits per heavy atom. The van der Waals surface area contributed by atoms with Crippen molar-refractivity contribution in [2.24, 2.45) is 5.10 Å². The number of hydrogen-bond donors (Lipinski definition) is 1. The summed E-state index contributed by atoms with van der Waals surface area (Å²) in [6.45, 7) is 2.09. The third-order valence-corrected chi connectivity index (χ3v) is 5.41. The summed E-state index contributed by atoms with van der Waals surface area (Å²) in [6.07, 6.45) is 1.48. The number of carbonyl (C=O) groups excluding carboxylic acids is 1. The van der Waals surface area contributed by atoms with Crippen LogP contribution in [0.3, 0.4) is 0 Å². The fourth-order valence-corrected chi connectivity index (χ4v) is 3.39.